The second kappa shape index (κ2) is 5.73. The van der Waals surface area contributed by atoms with Crippen LogP contribution in [0.3, 0.4) is 0 Å². The first-order valence-corrected chi connectivity index (χ1v) is 8.29. The molecule has 1 aliphatic carbocycles. The third kappa shape index (κ3) is 4.19. The Labute approximate surface area is 120 Å². The van der Waals surface area contributed by atoms with Gasteiger partial charge >= 0.3 is 0 Å². The normalized spacial score (nSPS) is 33.0. The van der Waals surface area contributed by atoms with E-state index < -0.39 is 0 Å². The van der Waals surface area contributed by atoms with E-state index in [1.807, 2.05) is 0 Å². The highest BCUT2D eigenvalue weighted by atomic mass is 15.2. The summed E-state index contributed by atoms with van der Waals surface area (Å²) in [5.74, 6) is 0. The fourth-order valence-corrected chi connectivity index (χ4v) is 4.71. The van der Waals surface area contributed by atoms with Crippen molar-refractivity contribution in [2.24, 2.45) is 10.8 Å². The Bertz CT molecular complexity index is 280. The van der Waals surface area contributed by atoms with Crippen LogP contribution in [0.15, 0.2) is 0 Å². The molecule has 0 aromatic heterocycles. The van der Waals surface area contributed by atoms with Crippen molar-refractivity contribution in [1.29, 1.82) is 0 Å². The molecule has 0 amide bonds. The van der Waals surface area contributed by atoms with Crippen molar-refractivity contribution in [3.63, 3.8) is 0 Å². The summed E-state index contributed by atoms with van der Waals surface area (Å²) >= 11 is 0. The number of nitrogens with one attached hydrogen (secondary N) is 1. The maximum Gasteiger partial charge on any atom is 0.0110 e. The molecule has 2 aliphatic rings. The van der Waals surface area contributed by atoms with Crippen molar-refractivity contribution in [3.8, 4) is 0 Å². The van der Waals surface area contributed by atoms with Crippen LogP contribution in [0.25, 0.3) is 0 Å². The SMILES string of the molecule is CCC1CCN(C2CC(C)(C)CC(C)(C)C2)CCN1. The summed E-state index contributed by atoms with van der Waals surface area (Å²) in [5, 5.41) is 3.70. The Morgan fingerprint density at radius 1 is 1.05 bits per heavy atom. The van der Waals surface area contributed by atoms with Gasteiger partial charge in [0.2, 0.25) is 0 Å². The molecule has 19 heavy (non-hydrogen) atoms. The minimum absolute atomic E-state index is 0.510. The largest absolute Gasteiger partial charge is 0.313 e. The van der Waals surface area contributed by atoms with Crippen molar-refractivity contribution in [2.75, 3.05) is 19.6 Å². The predicted molar refractivity (Wildman–Crippen MR) is 83.5 cm³/mol. The first-order valence-electron chi connectivity index (χ1n) is 8.29. The van der Waals surface area contributed by atoms with Gasteiger partial charge in [-0.1, -0.05) is 34.6 Å². The van der Waals surface area contributed by atoms with Gasteiger partial charge in [-0.15, -0.1) is 0 Å². The van der Waals surface area contributed by atoms with Gasteiger partial charge in [-0.2, -0.15) is 0 Å². The summed E-state index contributed by atoms with van der Waals surface area (Å²) in [6.45, 7) is 15.9. The van der Waals surface area contributed by atoms with E-state index in [9.17, 15) is 0 Å². The van der Waals surface area contributed by atoms with E-state index in [2.05, 4.69) is 44.8 Å². The van der Waals surface area contributed by atoms with Crippen LogP contribution in [0.2, 0.25) is 0 Å². The molecule has 2 rings (SSSR count). The molecule has 112 valence electrons. The van der Waals surface area contributed by atoms with E-state index in [-0.39, 0.29) is 0 Å². The topological polar surface area (TPSA) is 15.3 Å². The van der Waals surface area contributed by atoms with Gasteiger partial charge in [0.05, 0.1) is 0 Å². The quantitative estimate of drug-likeness (QED) is 0.820. The van der Waals surface area contributed by atoms with E-state index in [0.717, 1.165) is 12.1 Å². The molecular weight excluding hydrogens is 232 g/mol. The lowest BCUT2D eigenvalue weighted by molar-refractivity contribution is 0.0268. The molecule has 0 radical (unpaired) electrons. The van der Waals surface area contributed by atoms with E-state index >= 15 is 0 Å². The fraction of sp³-hybridized carbons (Fsp3) is 1.00. The van der Waals surface area contributed by atoms with Gasteiger partial charge in [0.15, 0.2) is 0 Å². The maximum atomic E-state index is 3.70. The zero-order valence-corrected chi connectivity index (χ0v) is 13.8. The first kappa shape index (κ1) is 15.3. The average Bonchev–Trinajstić information content (AvgIpc) is 2.49. The standard InChI is InChI=1S/C17H34N2/c1-6-14-7-9-19(10-8-18-14)15-11-16(2,3)13-17(4,5)12-15/h14-15,18H,6-13H2,1-5H3. The maximum absolute atomic E-state index is 3.70. The number of hydrogen-bond donors (Lipinski definition) is 1. The van der Waals surface area contributed by atoms with Crippen LogP contribution in [0.4, 0.5) is 0 Å². The third-order valence-electron chi connectivity index (χ3n) is 5.14. The molecule has 1 saturated carbocycles. The minimum Gasteiger partial charge on any atom is -0.313 e. The molecular formula is C17H34N2. The van der Waals surface area contributed by atoms with Crippen molar-refractivity contribution in [1.82, 2.24) is 10.2 Å². The molecule has 1 saturated heterocycles. The molecule has 1 atom stereocenters. The van der Waals surface area contributed by atoms with E-state index in [1.165, 1.54) is 51.7 Å². The molecule has 1 aliphatic heterocycles. The average molecular weight is 266 g/mol. The lowest BCUT2D eigenvalue weighted by Crippen LogP contribution is -2.47. The van der Waals surface area contributed by atoms with E-state index in [4.69, 9.17) is 0 Å². The predicted octanol–water partition coefficient (Wildman–Crippen LogP) is 3.67. The molecule has 0 aromatic carbocycles. The Hall–Kier alpha value is -0.0800. The summed E-state index contributed by atoms with van der Waals surface area (Å²) in [6.07, 6.45) is 6.74. The second-order valence-corrected chi connectivity index (χ2v) is 8.45. The number of rotatable bonds is 2. The lowest BCUT2D eigenvalue weighted by Gasteiger charge is -2.48. The van der Waals surface area contributed by atoms with Crippen LogP contribution in [0.5, 0.6) is 0 Å². The first-order chi connectivity index (χ1) is 8.81. The van der Waals surface area contributed by atoms with Gasteiger partial charge in [-0.25, -0.2) is 0 Å². The molecule has 0 aromatic rings. The molecule has 2 fully saturated rings. The van der Waals surface area contributed by atoms with Gasteiger partial charge in [-0.05, 0) is 49.5 Å². The van der Waals surface area contributed by atoms with Gasteiger partial charge in [-0.3, -0.25) is 4.90 Å². The van der Waals surface area contributed by atoms with E-state index in [0.29, 0.717) is 10.8 Å². The summed E-state index contributed by atoms with van der Waals surface area (Å²) in [7, 11) is 0. The second-order valence-electron chi connectivity index (χ2n) is 8.45. The fourth-order valence-electron chi connectivity index (χ4n) is 4.71. The molecule has 2 nitrogen and oxygen atoms in total. The van der Waals surface area contributed by atoms with Crippen LogP contribution in [0.1, 0.15) is 66.7 Å². The van der Waals surface area contributed by atoms with Gasteiger partial charge in [0.25, 0.3) is 0 Å². The Morgan fingerprint density at radius 3 is 2.26 bits per heavy atom. The molecule has 2 heteroatoms. The number of hydrogen-bond acceptors (Lipinski definition) is 2. The Balaban J connectivity index is 2.00. The monoisotopic (exact) mass is 266 g/mol. The Kier molecular flexibility index (Phi) is 4.62. The number of nitrogens with zero attached hydrogens (tertiary/aromatic N) is 1. The van der Waals surface area contributed by atoms with Crippen LogP contribution < -0.4 is 5.32 Å². The molecule has 0 bridgehead atoms. The smallest absolute Gasteiger partial charge is 0.0110 e. The van der Waals surface area contributed by atoms with E-state index in [1.54, 1.807) is 0 Å². The highest BCUT2D eigenvalue weighted by molar-refractivity contribution is 4.94. The third-order valence-corrected chi connectivity index (χ3v) is 5.14. The van der Waals surface area contributed by atoms with Gasteiger partial charge in [0.1, 0.15) is 0 Å². The zero-order valence-electron chi connectivity index (χ0n) is 13.8. The van der Waals surface area contributed by atoms with Gasteiger partial charge in [0, 0.05) is 25.2 Å². The van der Waals surface area contributed by atoms with Crippen molar-refractivity contribution in [2.45, 2.75) is 78.8 Å². The molecule has 1 unspecified atom stereocenters. The zero-order chi connectivity index (χ0) is 14.1. The summed E-state index contributed by atoms with van der Waals surface area (Å²) in [4.78, 5) is 2.78. The minimum atomic E-state index is 0.510. The molecule has 1 heterocycles. The van der Waals surface area contributed by atoms with Crippen LogP contribution in [0, 0.1) is 10.8 Å². The van der Waals surface area contributed by atoms with Crippen molar-refractivity contribution >= 4 is 0 Å². The lowest BCUT2D eigenvalue weighted by atomic mass is 9.63. The van der Waals surface area contributed by atoms with Crippen LogP contribution in [-0.4, -0.2) is 36.6 Å². The molecule has 0 spiro atoms. The highest BCUT2D eigenvalue weighted by Gasteiger charge is 2.40. The Morgan fingerprint density at radius 2 is 1.68 bits per heavy atom. The summed E-state index contributed by atoms with van der Waals surface area (Å²) < 4.78 is 0. The van der Waals surface area contributed by atoms with Crippen molar-refractivity contribution in [3.05, 3.63) is 0 Å². The highest BCUT2D eigenvalue weighted by Crippen LogP contribution is 2.47. The summed E-state index contributed by atoms with van der Waals surface area (Å²) in [6, 6.07) is 1.55. The van der Waals surface area contributed by atoms with Crippen LogP contribution >= 0.6 is 0 Å². The van der Waals surface area contributed by atoms with Crippen LogP contribution in [-0.2, 0) is 0 Å². The summed E-state index contributed by atoms with van der Waals surface area (Å²) in [5.41, 5.74) is 1.02. The van der Waals surface area contributed by atoms with Crippen molar-refractivity contribution < 1.29 is 0 Å². The molecule has 1 N–H and O–H groups in total. The van der Waals surface area contributed by atoms with Gasteiger partial charge < -0.3 is 5.32 Å².